The Balaban J connectivity index is 1.30. The van der Waals surface area contributed by atoms with E-state index in [1.807, 2.05) is 45.9 Å². The molecule has 0 fully saturated rings. The molecule has 0 unspecified atom stereocenters. The molecule has 1 aliphatic heterocycles. The maximum Gasteiger partial charge on any atom is 0.274 e. The first-order valence-electron chi connectivity index (χ1n) is 16.0. The van der Waals surface area contributed by atoms with Crippen LogP contribution >= 0.6 is 11.3 Å². The lowest BCUT2D eigenvalue weighted by Gasteiger charge is -2.27. The molecule has 0 radical (unpaired) electrons. The van der Waals surface area contributed by atoms with Crippen LogP contribution in [0.25, 0.3) is 56.8 Å². The molecule has 7 rings (SSSR count). The largest absolute Gasteiger partial charge is 0.446 e. The van der Waals surface area contributed by atoms with E-state index in [0.717, 1.165) is 0 Å². The molecule has 50 heavy (non-hydrogen) atoms. The van der Waals surface area contributed by atoms with Gasteiger partial charge in [-0.05, 0) is 11.8 Å². The quantitative estimate of drug-likeness (QED) is 0.214. The van der Waals surface area contributed by atoms with Crippen LogP contribution in [0.1, 0.15) is 50.5 Å². The summed E-state index contributed by atoms with van der Waals surface area (Å²) in [6, 6.07) is 7.13. The monoisotopic (exact) mass is 696 g/mol. The van der Waals surface area contributed by atoms with Crippen LogP contribution < -0.4 is 16.0 Å². The molecule has 5 aromatic heterocycles. The normalized spacial score (nSPS) is 17.5. The van der Waals surface area contributed by atoms with Gasteiger partial charge in [-0.1, -0.05) is 64.4 Å². The molecule has 0 spiro atoms. The van der Waals surface area contributed by atoms with Crippen LogP contribution in [-0.2, 0) is 16.1 Å². The van der Waals surface area contributed by atoms with E-state index in [9.17, 15) is 14.4 Å². The third kappa shape index (κ3) is 6.44. The lowest BCUT2D eigenvalue weighted by atomic mass is 9.96. The van der Waals surface area contributed by atoms with Gasteiger partial charge in [-0.2, -0.15) is 0 Å². The molecule has 0 aliphatic carbocycles. The van der Waals surface area contributed by atoms with Crippen molar-refractivity contribution >= 4 is 29.1 Å². The van der Waals surface area contributed by atoms with E-state index >= 15 is 0 Å². The smallest absolute Gasteiger partial charge is 0.274 e. The first kappa shape index (κ1) is 32.6. The van der Waals surface area contributed by atoms with Crippen LogP contribution in [-0.4, -0.2) is 54.7 Å². The summed E-state index contributed by atoms with van der Waals surface area (Å²) in [6.07, 6.45) is 4.74. The summed E-state index contributed by atoms with van der Waals surface area (Å²) in [5.74, 6) is -1.33. The molecule has 1 aliphatic rings. The van der Waals surface area contributed by atoms with Crippen LogP contribution in [0.4, 0.5) is 0 Å². The molecule has 15 nitrogen and oxygen atoms in total. The first-order valence-corrected chi connectivity index (χ1v) is 16.8. The SMILES string of the molecule is CC[C@@H](C)[C@@H]1NC(=O)c2nc(oc2-c2ccccc2)-c2csc(n2)-c2coc(n2)-c2coc(n2)-c2coc(n2)CNC(=O)[C@@H](C(C)C)NC1=O. The summed E-state index contributed by atoms with van der Waals surface area (Å²) in [5.41, 5.74) is 2.00. The van der Waals surface area contributed by atoms with Gasteiger partial charge in [0.25, 0.3) is 5.91 Å². The molecular weight excluding hydrogens is 664 g/mol. The number of nitrogens with one attached hydrogen (secondary N) is 3. The Hall–Kier alpha value is -5.90. The molecule has 0 saturated carbocycles. The number of oxazole rings is 4. The summed E-state index contributed by atoms with van der Waals surface area (Å²) in [5, 5.41) is 10.7. The van der Waals surface area contributed by atoms with E-state index in [0.29, 0.717) is 39.8 Å². The number of fused-ring (bicyclic) bond motifs is 14. The van der Waals surface area contributed by atoms with Gasteiger partial charge in [-0.15, -0.1) is 11.3 Å². The Morgan fingerprint density at radius 3 is 2.22 bits per heavy atom. The Labute approximate surface area is 289 Å². The second-order valence-corrected chi connectivity index (χ2v) is 12.9. The molecule has 3 atom stereocenters. The predicted octanol–water partition coefficient (Wildman–Crippen LogP) is 5.35. The lowest BCUT2D eigenvalue weighted by molar-refractivity contribution is -0.131. The number of nitrogens with zero attached hydrogens (tertiary/aromatic N) is 5. The topological polar surface area (TPSA) is 204 Å². The maximum absolute atomic E-state index is 14.0. The standard InChI is InChI=1S/C34H32N8O7S/c1-5-17(4)25-29(44)40-24(16(2)3)28(43)35-11-23-36-19(12-46-23)31-37-20(13-47-31)32-38-21(14-48-32)34-39-22(15-50-34)33-42-26(30(45)41-25)27(49-33)18-9-7-6-8-10-18/h6-10,12-17,24-25H,5,11H2,1-4H3,(H,35,43)(H,40,44)(H,41,45)/t17-,24-,25+/m1/s1. The number of hydrogen-bond acceptors (Lipinski definition) is 13. The Morgan fingerprint density at radius 1 is 0.780 bits per heavy atom. The molecule has 256 valence electrons. The Bertz CT molecular complexity index is 2160. The number of thiazole rings is 1. The van der Waals surface area contributed by atoms with Crippen molar-refractivity contribution in [2.45, 2.75) is 52.7 Å². The van der Waals surface area contributed by atoms with Gasteiger partial charge in [0, 0.05) is 10.9 Å². The van der Waals surface area contributed by atoms with Crippen molar-refractivity contribution in [2.24, 2.45) is 11.8 Å². The van der Waals surface area contributed by atoms with Crippen molar-refractivity contribution in [1.82, 2.24) is 40.9 Å². The Morgan fingerprint density at radius 2 is 1.48 bits per heavy atom. The molecule has 6 heterocycles. The van der Waals surface area contributed by atoms with Crippen molar-refractivity contribution in [3.05, 3.63) is 66.1 Å². The highest BCUT2D eigenvalue weighted by molar-refractivity contribution is 7.13. The number of aromatic nitrogens is 5. The Kier molecular flexibility index (Phi) is 8.84. The second kappa shape index (κ2) is 13.5. The average Bonchev–Trinajstić information content (AvgIpc) is 3.96. The molecule has 3 N–H and O–H groups in total. The number of hydrogen-bond donors (Lipinski definition) is 3. The number of carbonyl (C=O) groups is 3. The van der Waals surface area contributed by atoms with Gasteiger partial charge in [0.15, 0.2) is 22.8 Å². The fraction of sp³-hybridized carbons (Fsp3) is 0.294. The van der Waals surface area contributed by atoms with Crippen molar-refractivity contribution in [3.63, 3.8) is 0 Å². The van der Waals surface area contributed by atoms with E-state index in [2.05, 4.69) is 40.9 Å². The van der Waals surface area contributed by atoms with Crippen LogP contribution in [0, 0.1) is 11.8 Å². The highest BCUT2D eigenvalue weighted by Gasteiger charge is 2.34. The van der Waals surface area contributed by atoms with Crippen molar-refractivity contribution in [3.8, 4) is 56.8 Å². The summed E-state index contributed by atoms with van der Waals surface area (Å²) in [6.45, 7) is 7.31. The third-order valence-electron chi connectivity index (χ3n) is 8.26. The fourth-order valence-electron chi connectivity index (χ4n) is 5.29. The number of carbonyl (C=O) groups excluding carboxylic acids is 3. The summed E-state index contributed by atoms with van der Waals surface area (Å²) in [4.78, 5) is 63.8. The number of rotatable bonds is 4. The van der Waals surface area contributed by atoms with Gasteiger partial charge >= 0.3 is 0 Å². The molecule has 0 saturated heterocycles. The molecule has 3 amide bonds. The van der Waals surface area contributed by atoms with Gasteiger partial charge in [-0.3, -0.25) is 14.4 Å². The molecule has 10 bridgehead atoms. The van der Waals surface area contributed by atoms with Crippen molar-refractivity contribution in [1.29, 1.82) is 0 Å². The van der Waals surface area contributed by atoms with E-state index < -0.39 is 29.8 Å². The predicted molar refractivity (Wildman–Crippen MR) is 179 cm³/mol. The van der Waals surface area contributed by atoms with Crippen LogP contribution in [0.3, 0.4) is 0 Å². The zero-order valence-corrected chi connectivity index (χ0v) is 28.2. The molecule has 1 aromatic carbocycles. The number of benzene rings is 1. The van der Waals surface area contributed by atoms with Crippen molar-refractivity contribution < 1.29 is 32.1 Å². The van der Waals surface area contributed by atoms with E-state index in [1.54, 1.807) is 17.5 Å². The summed E-state index contributed by atoms with van der Waals surface area (Å²) >= 11 is 1.28. The van der Waals surface area contributed by atoms with Crippen molar-refractivity contribution in [2.75, 3.05) is 0 Å². The zero-order chi connectivity index (χ0) is 34.9. The van der Waals surface area contributed by atoms with Gasteiger partial charge < -0.3 is 33.6 Å². The highest BCUT2D eigenvalue weighted by atomic mass is 32.1. The zero-order valence-electron chi connectivity index (χ0n) is 27.4. The van der Waals surface area contributed by atoms with Crippen LogP contribution in [0.15, 0.2) is 72.2 Å². The fourth-order valence-corrected chi connectivity index (χ4v) is 6.03. The van der Waals surface area contributed by atoms with Gasteiger partial charge in [0.1, 0.15) is 47.3 Å². The van der Waals surface area contributed by atoms with Gasteiger partial charge in [0.05, 0.1) is 6.54 Å². The van der Waals surface area contributed by atoms with Gasteiger partial charge in [-0.25, -0.2) is 24.9 Å². The third-order valence-corrected chi connectivity index (χ3v) is 9.13. The lowest BCUT2D eigenvalue weighted by Crippen LogP contribution is -2.57. The van der Waals surface area contributed by atoms with E-state index in [1.165, 1.54) is 30.1 Å². The summed E-state index contributed by atoms with van der Waals surface area (Å²) < 4.78 is 23.0. The maximum atomic E-state index is 14.0. The van der Waals surface area contributed by atoms with Crippen LogP contribution in [0.5, 0.6) is 0 Å². The minimum atomic E-state index is -0.997. The van der Waals surface area contributed by atoms with E-state index in [-0.39, 0.29) is 53.4 Å². The molecular formula is C34H32N8O7S. The minimum absolute atomic E-state index is 0.0228. The molecule has 16 heteroatoms. The average molecular weight is 697 g/mol. The van der Waals surface area contributed by atoms with Gasteiger partial charge in [0.2, 0.25) is 35.4 Å². The minimum Gasteiger partial charge on any atom is -0.446 e. The second-order valence-electron chi connectivity index (χ2n) is 12.1. The number of amides is 3. The summed E-state index contributed by atoms with van der Waals surface area (Å²) in [7, 11) is 0. The first-order chi connectivity index (χ1) is 24.2. The van der Waals surface area contributed by atoms with Crippen LogP contribution in [0.2, 0.25) is 0 Å². The highest BCUT2D eigenvalue weighted by Crippen LogP contribution is 2.34. The molecule has 6 aromatic rings. The van der Waals surface area contributed by atoms with E-state index in [4.69, 9.17) is 17.7 Å².